The maximum absolute atomic E-state index is 11.8. The number of amides is 1. The monoisotopic (exact) mass is 386 g/mol. The summed E-state index contributed by atoms with van der Waals surface area (Å²) >= 11 is 0. The number of carbonyl (C=O) groups excluding carboxylic acids is 1. The molecule has 0 fully saturated rings. The Balaban J connectivity index is 3.31. The van der Waals surface area contributed by atoms with Gasteiger partial charge in [0.2, 0.25) is 5.91 Å². The topological polar surface area (TPSA) is 72.8 Å². The number of nitrogens with one attached hydrogen (secondary N) is 1. The Kier molecular flexibility index (Phi) is 21.1. The van der Waals surface area contributed by atoms with Crippen LogP contribution in [-0.2, 0) is 4.79 Å². The summed E-state index contributed by atoms with van der Waals surface area (Å²) in [6, 6.07) is 0. The second kappa shape index (κ2) is 21.6. The molecule has 0 aliphatic rings. The molecular formula is C22H46N2O3. The van der Waals surface area contributed by atoms with Crippen molar-refractivity contribution in [3.05, 3.63) is 0 Å². The summed E-state index contributed by atoms with van der Waals surface area (Å²) in [4.78, 5) is 13.8. The first-order chi connectivity index (χ1) is 13.2. The van der Waals surface area contributed by atoms with Gasteiger partial charge in [-0.3, -0.25) is 9.69 Å². The highest BCUT2D eigenvalue weighted by Gasteiger charge is 2.05. The number of hydrogen-bond acceptors (Lipinski definition) is 4. The molecule has 0 atom stereocenters. The van der Waals surface area contributed by atoms with Crippen LogP contribution in [0.2, 0.25) is 0 Å². The van der Waals surface area contributed by atoms with Crippen molar-refractivity contribution in [2.45, 2.75) is 96.8 Å². The number of nitrogens with zero attached hydrogens (tertiary/aromatic N) is 1. The molecule has 0 radical (unpaired) electrons. The van der Waals surface area contributed by atoms with Crippen LogP contribution in [0, 0.1) is 0 Å². The Labute approximate surface area is 167 Å². The molecule has 0 aliphatic carbocycles. The van der Waals surface area contributed by atoms with E-state index in [2.05, 4.69) is 12.2 Å². The van der Waals surface area contributed by atoms with Crippen LogP contribution in [0.25, 0.3) is 0 Å². The van der Waals surface area contributed by atoms with E-state index in [0.29, 0.717) is 32.6 Å². The molecular weight excluding hydrogens is 340 g/mol. The predicted octanol–water partition coefficient (Wildman–Crippen LogP) is 3.87. The number of hydrogen-bond donors (Lipinski definition) is 3. The van der Waals surface area contributed by atoms with Gasteiger partial charge in [-0.25, -0.2) is 0 Å². The van der Waals surface area contributed by atoms with Crippen molar-refractivity contribution in [2.24, 2.45) is 0 Å². The second-order valence-electron chi connectivity index (χ2n) is 7.63. The van der Waals surface area contributed by atoms with Gasteiger partial charge in [-0.2, -0.15) is 0 Å². The molecule has 27 heavy (non-hydrogen) atoms. The van der Waals surface area contributed by atoms with Gasteiger partial charge >= 0.3 is 0 Å². The van der Waals surface area contributed by atoms with Crippen molar-refractivity contribution in [3.8, 4) is 0 Å². The minimum absolute atomic E-state index is 0.0763. The maximum Gasteiger partial charge on any atom is 0.220 e. The molecule has 5 heteroatoms. The zero-order chi connectivity index (χ0) is 20.0. The molecule has 5 nitrogen and oxygen atoms in total. The van der Waals surface area contributed by atoms with E-state index in [1.807, 2.05) is 4.90 Å². The molecule has 0 bridgehead atoms. The first-order valence-electron chi connectivity index (χ1n) is 11.4. The quantitative estimate of drug-likeness (QED) is 0.262. The van der Waals surface area contributed by atoms with Gasteiger partial charge in [-0.15, -0.1) is 0 Å². The molecule has 0 heterocycles. The molecule has 0 saturated heterocycles. The van der Waals surface area contributed by atoms with Gasteiger partial charge in [0.05, 0.1) is 13.2 Å². The third kappa shape index (κ3) is 19.9. The average Bonchev–Trinajstić information content (AvgIpc) is 2.66. The Morgan fingerprint density at radius 1 is 0.704 bits per heavy atom. The molecule has 162 valence electrons. The van der Waals surface area contributed by atoms with E-state index in [0.717, 1.165) is 12.8 Å². The first kappa shape index (κ1) is 26.4. The van der Waals surface area contributed by atoms with Gasteiger partial charge in [0.15, 0.2) is 0 Å². The Morgan fingerprint density at radius 3 is 1.59 bits per heavy atom. The lowest BCUT2D eigenvalue weighted by atomic mass is 10.0. The number of rotatable bonds is 21. The van der Waals surface area contributed by atoms with Crippen LogP contribution < -0.4 is 5.32 Å². The van der Waals surface area contributed by atoms with E-state index in [1.165, 1.54) is 70.6 Å². The fraction of sp³-hybridized carbons (Fsp3) is 0.955. The minimum atomic E-state index is 0.0763. The predicted molar refractivity (Wildman–Crippen MR) is 114 cm³/mol. The van der Waals surface area contributed by atoms with Crippen molar-refractivity contribution in [1.82, 2.24) is 10.2 Å². The fourth-order valence-corrected chi connectivity index (χ4v) is 3.36. The Hall–Kier alpha value is -0.650. The summed E-state index contributed by atoms with van der Waals surface area (Å²) in [5, 5.41) is 20.8. The van der Waals surface area contributed by atoms with Gasteiger partial charge in [-0.05, 0) is 6.42 Å². The molecule has 0 rings (SSSR count). The van der Waals surface area contributed by atoms with Crippen molar-refractivity contribution in [2.75, 3.05) is 39.4 Å². The lowest BCUT2D eigenvalue weighted by molar-refractivity contribution is -0.121. The number of aliphatic hydroxyl groups is 2. The molecule has 3 N–H and O–H groups in total. The highest BCUT2D eigenvalue weighted by molar-refractivity contribution is 5.75. The average molecular weight is 387 g/mol. The maximum atomic E-state index is 11.8. The summed E-state index contributed by atoms with van der Waals surface area (Å²) in [7, 11) is 0. The van der Waals surface area contributed by atoms with E-state index in [1.54, 1.807) is 0 Å². The zero-order valence-corrected chi connectivity index (χ0v) is 17.9. The van der Waals surface area contributed by atoms with E-state index < -0.39 is 0 Å². The van der Waals surface area contributed by atoms with Crippen LogP contribution in [0.3, 0.4) is 0 Å². The Morgan fingerprint density at radius 2 is 1.15 bits per heavy atom. The third-order valence-corrected chi connectivity index (χ3v) is 5.09. The van der Waals surface area contributed by atoms with Crippen LogP contribution in [0.15, 0.2) is 0 Å². The van der Waals surface area contributed by atoms with Gasteiger partial charge in [-0.1, -0.05) is 84.0 Å². The first-order valence-corrected chi connectivity index (χ1v) is 11.4. The minimum Gasteiger partial charge on any atom is -0.395 e. The molecule has 0 aromatic carbocycles. The summed E-state index contributed by atoms with van der Waals surface area (Å²) in [5.74, 6) is 0.117. The van der Waals surface area contributed by atoms with Crippen molar-refractivity contribution in [1.29, 1.82) is 0 Å². The van der Waals surface area contributed by atoms with Crippen molar-refractivity contribution < 1.29 is 15.0 Å². The molecule has 0 unspecified atom stereocenters. The molecule has 0 saturated carbocycles. The molecule has 0 aromatic heterocycles. The van der Waals surface area contributed by atoms with Crippen LogP contribution in [0.4, 0.5) is 0 Å². The van der Waals surface area contributed by atoms with Gasteiger partial charge in [0.1, 0.15) is 0 Å². The van der Waals surface area contributed by atoms with E-state index >= 15 is 0 Å². The van der Waals surface area contributed by atoms with Crippen LogP contribution >= 0.6 is 0 Å². The van der Waals surface area contributed by atoms with Crippen LogP contribution in [-0.4, -0.2) is 60.4 Å². The number of unbranched alkanes of at least 4 members (excludes halogenated alkanes) is 12. The SMILES string of the molecule is CCCCCCCCCCCCCCCC(=O)NCCN(CCO)CCO. The molecule has 1 amide bonds. The normalized spacial score (nSPS) is 11.3. The summed E-state index contributed by atoms with van der Waals surface area (Å²) in [6.07, 6.45) is 17.7. The van der Waals surface area contributed by atoms with Gasteiger partial charge in [0, 0.05) is 32.6 Å². The van der Waals surface area contributed by atoms with Crippen molar-refractivity contribution >= 4 is 5.91 Å². The zero-order valence-electron chi connectivity index (χ0n) is 17.9. The standard InChI is InChI=1S/C22H46N2O3/c1-2-3-4-5-6-7-8-9-10-11-12-13-14-15-22(27)23-16-17-24(18-20-25)19-21-26/h25-26H,2-21H2,1H3,(H,23,27). The van der Waals surface area contributed by atoms with Crippen LogP contribution in [0.1, 0.15) is 96.8 Å². The molecule has 0 aliphatic heterocycles. The highest BCUT2D eigenvalue weighted by Crippen LogP contribution is 2.12. The smallest absolute Gasteiger partial charge is 0.220 e. The summed E-state index contributed by atoms with van der Waals surface area (Å²) < 4.78 is 0. The lowest BCUT2D eigenvalue weighted by Crippen LogP contribution is -2.37. The Bertz CT molecular complexity index is 308. The number of carbonyl (C=O) groups is 1. The van der Waals surface area contributed by atoms with E-state index in [9.17, 15) is 4.79 Å². The molecule has 0 spiro atoms. The molecule has 0 aromatic rings. The van der Waals surface area contributed by atoms with Gasteiger partial charge < -0.3 is 15.5 Å². The second-order valence-corrected chi connectivity index (χ2v) is 7.63. The summed E-state index contributed by atoms with van der Waals surface area (Å²) in [6.45, 7) is 4.74. The van der Waals surface area contributed by atoms with E-state index in [-0.39, 0.29) is 19.1 Å². The van der Waals surface area contributed by atoms with Crippen molar-refractivity contribution in [3.63, 3.8) is 0 Å². The lowest BCUT2D eigenvalue weighted by Gasteiger charge is -2.20. The third-order valence-electron chi connectivity index (χ3n) is 5.09. The fourth-order valence-electron chi connectivity index (χ4n) is 3.36. The summed E-state index contributed by atoms with van der Waals surface area (Å²) in [5.41, 5.74) is 0. The van der Waals surface area contributed by atoms with E-state index in [4.69, 9.17) is 10.2 Å². The highest BCUT2D eigenvalue weighted by atomic mass is 16.3. The largest absolute Gasteiger partial charge is 0.395 e. The van der Waals surface area contributed by atoms with Gasteiger partial charge in [0.25, 0.3) is 0 Å². The van der Waals surface area contributed by atoms with Crippen LogP contribution in [0.5, 0.6) is 0 Å². The number of aliphatic hydroxyl groups excluding tert-OH is 2.